The molecule has 2 aromatic rings. The monoisotopic (exact) mass is 250 g/mol. The maximum Gasteiger partial charge on any atom is 0.145 e. The molecule has 0 aliphatic heterocycles. The number of benzene rings is 1. The summed E-state index contributed by atoms with van der Waals surface area (Å²) in [5, 5.41) is 8.89. The first-order chi connectivity index (χ1) is 9.40. The van der Waals surface area contributed by atoms with E-state index in [1.165, 1.54) is 0 Å². The number of rotatable bonds is 5. The largest absolute Gasteiger partial charge is 0.373 e. The molecule has 1 aromatic carbocycles. The second-order valence-electron chi connectivity index (χ2n) is 3.95. The van der Waals surface area contributed by atoms with Crippen LogP contribution in [0.25, 0.3) is 6.08 Å². The summed E-state index contributed by atoms with van der Waals surface area (Å²) in [6, 6.07) is 15.8. The lowest BCUT2D eigenvalue weighted by molar-refractivity contribution is 0.148. The van der Waals surface area contributed by atoms with E-state index in [9.17, 15) is 0 Å². The Balaban J connectivity index is 1.81. The molecule has 0 fully saturated rings. The number of nitriles is 1. The van der Waals surface area contributed by atoms with E-state index < -0.39 is 0 Å². The summed E-state index contributed by atoms with van der Waals surface area (Å²) in [6.07, 6.45) is 5.57. The van der Waals surface area contributed by atoms with E-state index in [1.54, 1.807) is 12.3 Å². The van der Waals surface area contributed by atoms with Crippen LogP contribution in [0, 0.1) is 11.3 Å². The van der Waals surface area contributed by atoms with Crippen LogP contribution >= 0.6 is 0 Å². The van der Waals surface area contributed by atoms with Gasteiger partial charge in [0, 0.05) is 11.8 Å². The third kappa shape index (κ3) is 4.06. The lowest BCUT2D eigenvalue weighted by Crippen LogP contribution is -1.97. The Morgan fingerprint density at radius 2 is 2.00 bits per heavy atom. The van der Waals surface area contributed by atoms with Gasteiger partial charge in [-0.3, -0.25) is 0 Å². The van der Waals surface area contributed by atoms with Crippen LogP contribution in [0.1, 0.15) is 16.8 Å². The van der Waals surface area contributed by atoms with Crippen molar-refractivity contribution in [1.82, 2.24) is 4.98 Å². The predicted molar refractivity (Wildman–Crippen MR) is 74.1 cm³/mol. The van der Waals surface area contributed by atoms with Gasteiger partial charge in [0.2, 0.25) is 0 Å². The minimum atomic E-state index is 0.399. The first-order valence-electron chi connectivity index (χ1n) is 6.03. The zero-order chi connectivity index (χ0) is 13.3. The molecule has 1 heterocycles. The summed E-state index contributed by atoms with van der Waals surface area (Å²) < 4.78 is 5.51. The quantitative estimate of drug-likeness (QED) is 0.765. The van der Waals surface area contributed by atoms with Crippen LogP contribution in [-0.2, 0) is 11.3 Å². The number of aromatic nitrogens is 1. The lowest BCUT2D eigenvalue weighted by Gasteiger charge is -2.02. The Morgan fingerprint density at radius 3 is 2.79 bits per heavy atom. The fraction of sp³-hybridized carbons (Fsp3) is 0.125. The number of ether oxygens (including phenoxy) is 1. The summed E-state index contributed by atoms with van der Waals surface area (Å²) in [6.45, 7) is 0.907. The normalized spacial score (nSPS) is 10.5. The maximum absolute atomic E-state index is 8.89. The van der Waals surface area contributed by atoms with Crippen LogP contribution in [0.5, 0.6) is 0 Å². The molecule has 0 atom stereocenters. The standard InChI is InChI=1S/C16H14N2O/c17-12-16-15(9-4-10-18-16)13-19-11-5-8-14-6-2-1-3-7-14/h1-10H,11,13H2. The van der Waals surface area contributed by atoms with E-state index in [-0.39, 0.29) is 0 Å². The molecule has 19 heavy (non-hydrogen) atoms. The van der Waals surface area contributed by atoms with Crippen LogP contribution in [0.15, 0.2) is 54.7 Å². The van der Waals surface area contributed by atoms with Crippen LogP contribution < -0.4 is 0 Å². The summed E-state index contributed by atoms with van der Waals surface area (Å²) in [7, 11) is 0. The van der Waals surface area contributed by atoms with Gasteiger partial charge in [-0.15, -0.1) is 0 Å². The fourth-order valence-electron chi connectivity index (χ4n) is 1.64. The Bertz CT molecular complexity index is 585. The summed E-state index contributed by atoms with van der Waals surface area (Å²) in [5.74, 6) is 0. The number of hydrogen-bond acceptors (Lipinski definition) is 3. The fourth-order valence-corrected chi connectivity index (χ4v) is 1.64. The molecule has 0 unspecified atom stereocenters. The predicted octanol–water partition coefficient (Wildman–Crippen LogP) is 3.18. The molecule has 3 nitrogen and oxygen atoms in total. The van der Waals surface area contributed by atoms with E-state index in [4.69, 9.17) is 10.00 Å². The van der Waals surface area contributed by atoms with E-state index in [0.717, 1.165) is 11.1 Å². The highest BCUT2D eigenvalue weighted by Crippen LogP contribution is 2.06. The molecular weight excluding hydrogens is 236 g/mol. The molecule has 0 saturated carbocycles. The molecule has 94 valence electrons. The van der Waals surface area contributed by atoms with E-state index >= 15 is 0 Å². The third-order valence-corrected chi connectivity index (χ3v) is 2.58. The van der Waals surface area contributed by atoms with Crippen molar-refractivity contribution in [3.63, 3.8) is 0 Å². The highest BCUT2D eigenvalue weighted by molar-refractivity contribution is 5.48. The van der Waals surface area contributed by atoms with Crippen LogP contribution in [-0.4, -0.2) is 11.6 Å². The van der Waals surface area contributed by atoms with Crippen molar-refractivity contribution in [2.75, 3.05) is 6.61 Å². The molecule has 0 saturated heterocycles. The molecule has 0 radical (unpaired) electrons. The smallest absolute Gasteiger partial charge is 0.145 e. The van der Waals surface area contributed by atoms with Gasteiger partial charge in [-0.25, -0.2) is 4.98 Å². The summed E-state index contributed by atoms with van der Waals surface area (Å²) in [5.41, 5.74) is 2.39. The van der Waals surface area contributed by atoms with Gasteiger partial charge in [0.1, 0.15) is 11.8 Å². The van der Waals surface area contributed by atoms with Gasteiger partial charge in [0.05, 0.1) is 13.2 Å². The summed E-state index contributed by atoms with van der Waals surface area (Å²) in [4.78, 5) is 3.98. The average Bonchev–Trinajstić information content (AvgIpc) is 2.48. The zero-order valence-electron chi connectivity index (χ0n) is 10.5. The summed E-state index contributed by atoms with van der Waals surface area (Å²) >= 11 is 0. The Kier molecular flexibility index (Phi) is 4.86. The van der Waals surface area contributed by atoms with Crippen LogP contribution in [0.2, 0.25) is 0 Å². The molecule has 0 aliphatic rings. The molecule has 0 amide bonds. The topological polar surface area (TPSA) is 45.9 Å². The second-order valence-corrected chi connectivity index (χ2v) is 3.95. The Labute approximate surface area is 112 Å². The maximum atomic E-state index is 8.89. The van der Waals surface area contributed by atoms with Crippen molar-refractivity contribution in [3.05, 3.63) is 71.6 Å². The molecule has 0 N–H and O–H groups in total. The van der Waals surface area contributed by atoms with Crippen LogP contribution in [0.3, 0.4) is 0 Å². The Morgan fingerprint density at radius 1 is 1.16 bits per heavy atom. The van der Waals surface area contributed by atoms with Gasteiger partial charge in [0.15, 0.2) is 0 Å². The molecule has 1 aromatic heterocycles. The van der Waals surface area contributed by atoms with Crippen molar-refractivity contribution in [1.29, 1.82) is 5.26 Å². The first-order valence-corrected chi connectivity index (χ1v) is 6.03. The lowest BCUT2D eigenvalue weighted by atomic mass is 10.2. The van der Waals surface area contributed by atoms with E-state index in [2.05, 4.69) is 11.1 Å². The van der Waals surface area contributed by atoms with Crippen molar-refractivity contribution in [3.8, 4) is 6.07 Å². The van der Waals surface area contributed by atoms with Gasteiger partial charge < -0.3 is 4.74 Å². The highest BCUT2D eigenvalue weighted by Gasteiger charge is 2.00. The first kappa shape index (κ1) is 13.0. The van der Waals surface area contributed by atoms with Gasteiger partial charge in [-0.05, 0) is 11.6 Å². The zero-order valence-corrected chi connectivity index (χ0v) is 10.5. The van der Waals surface area contributed by atoms with Gasteiger partial charge >= 0.3 is 0 Å². The second kappa shape index (κ2) is 7.10. The molecular formula is C16H14N2O. The minimum absolute atomic E-state index is 0.399. The minimum Gasteiger partial charge on any atom is -0.373 e. The molecule has 0 bridgehead atoms. The third-order valence-electron chi connectivity index (χ3n) is 2.58. The number of pyridine rings is 1. The molecule has 0 spiro atoms. The van der Waals surface area contributed by atoms with E-state index in [0.29, 0.717) is 18.9 Å². The number of nitrogens with zero attached hydrogens (tertiary/aromatic N) is 2. The van der Waals surface area contributed by atoms with Crippen molar-refractivity contribution in [2.45, 2.75) is 6.61 Å². The number of hydrogen-bond donors (Lipinski definition) is 0. The molecule has 3 heteroatoms. The van der Waals surface area contributed by atoms with Gasteiger partial charge in [0.25, 0.3) is 0 Å². The molecule has 2 rings (SSSR count). The van der Waals surface area contributed by atoms with E-state index in [1.807, 2.05) is 48.6 Å². The average molecular weight is 250 g/mol. The van der Waals surface area contributed by atoms with Crippen molar-refractivity contribution >= 4 is 6.08 Å². The SMILES string of the molecule is N#Cc1ncccc1COCC=Cc1ccccc1. The highest BCUT2D eigenvalue weighted by atomic mass is 16.5. The van der Waals surface area contributed by atoms with Gasteiger partial charge in [-0.2, -0.15) is 5.26 Å². The van der Waals surface area contributed by atoms with Crippen molar-refractivity contribution in [2.24, 2.45) is 0 Å². The molecule has 0 aliphatic carbocycles. The van der Waals surface area contributed by atoms with Crippen molar-refractivity contribution < 1.29 is 4.74 Å². The van der Waals surface area contributed by atoms with Gasteiger partial charge in [-0.1, -0.05) is 48.6 Å². The Hall–Kier alpha value is -2.44. The van der Waals surface area contributed by atoms with Crippen LogP contribution in [0.4, 0.5) is 0 Å².